The molecular weight excluding hydrogens is 238 g/mol. The zero-order valence-corrected chi connectivity index (χ0v) is 11.8. The van der Waals surface area contributed by atoms with Crippen molar-refractivity contribution >= 4 is 0 Å². The van der Waals surface area contributed by atoms with Gasteiger partial charge >= 0.3 is 0 Å². The van der Waals surface area contributed by atoms with Crippen LogP contribution in [0.15, 0.2) is 18.2 Å². The lowest BCUT2D eigenvalue weighted by Crippen LogP contribution is -2.49. The highest BCUT2D eigenvalue weighted by Gasteiger charge is 2.45. The second-order valence-electron chi connectivity index (χ2n) is 6.03. The maximum Gasteiger partial charge on any atom is 0.125 e. The highest BCUT2D eigenvalue weighted by Crippen LogP contribution is 2.48. The Morgan fingerprint density at radius 1 is 1.37 bits per heavy atom. The molecule has 1 aromatic carbocycles. The van der Waals surface area contributed by atoms with E-state index in [1.807, 2.05) is 18.2 Å². The number of methoxy groups -OCH3 is 1. The zero-order chi connectivity index (χ0) is 13.5. The van der Waals surface area contributed by atoms with Crippen LogP contribution in [0.3, 0.4) is 0 Å². The minimum Gasteiger partial charge on any atom is -0.497 e. The summed E-state index contributed by atoms with van der Waals surface area (Å²) in [5.74, 6) is 2.39. The van der Waals surface area contributed by atoms with Gasteiger partial charge in [-0.1, -0.05) is 13.3 Å². The van der Waals surface area contributed by atoms with Crippen molar-refractivity contribution in [2.24, 2.45) is 11.7 Å². The molecule has 3 nitrogen and oxygen atoms in total. The van der Waals surface area contributed by atoms with Gasteiger partial charge in [0, 0.05) is 18.0 Å². The summed E-state index contributed by atoms with van der Waals surface area (Å²) in [4.78, 5) is 0. The molecule has 0 bridgehead atoms. The van der Waals surface area contributed by atoms with Crippen LogP contribution >= 0.6 is 0 Å². The molecule has 1 spiro atoms. The molecule has 3 heteroatoms. The Labute approximate surface area is 115 Å². The summed E-state index contributed by atoms with van der Waals surface area (Å²) in [6.45, 7) is 2.31. The van der Waals surface area contributed by atoms with Gasteiger partial charge in [0.2, 0.25) is 0 Å². The average Bonchev–Trinajstić information content (AvgIpc) is 2.42. The monoisotopic (exact) mass is 261 g/mol. The van der Waals surface area contributed by atoms with E-state index >= 15 is 0 Å². The zero-order valence-electron chi connectivity index (χ0n) is 11.8. The number of rotatable bonds is 1. The van der Waals surface area contributed by atoms with Crippen LogP contribution < -0.4 is 15.2 Å². The number of fused-ring (bicyclic) bond motifs is 1. The first-order valence-electron chi connectivity index (χ1n) is 7.27. The highest BCUT2D eigenvalue weighted by molar-refractivity contribution is 5.44. The van der Waals surface area contributed by atoms with Gasteiger partial charge in [-0.05, 0) is 43.4 Å². The topological polar surface area (TPSA) is 44.5 Å². The molecule has 1 saturated carbocycles. The summed E-state index contributed by atoms with van der Waals surface area (Å²) in [5.41, 5.74) is 7.45. The summed E-state index contributed by atoms with van der Waals surface area (Å²) in [5, 5.41) is 0. The van der Waals surface area contributed by atoms with Gasteiger partial charge in [0.1, 0.15) is 17.1 Å². The molecule has 2 unspecified atom stereocenters. The second kappa shape index (κ2) is 4.71. The minimum absolute atomic E-state index is 0.0424. The first kappa shape index (κ1) is 12.8. The highest BCUT2D eigenvalue weighted by atomic mass is 16.5. The van der Waals surface area contributed by atoms with Crippen LogP contribution in [0.25, 0.3) is 0 Å². The van der Waals surface area contributed by atoms with E-state index in [2.05, 4.69) is 6.92 Å². The molecule has 2 aliphatic rings. The lowest BCUT2D eigenvalue weighted by Gasteiger charge is -2.47. The Kier molecular flexibility index (Phi) is 3.17. The first-order chi connectivity index (χ1) is 9.14. The molecule has 19 heavy (non-hydrogen) atoms. The van der Waals surface area contributed by atoms with Crippen LogP contribution in [-0.4, -0.2) is 12.7 Å². The third-order valence-corrected chi connectivity index (χ3v) is 4.88. The van der Waals surface area contributed by atoms with Crippen molar-refractivity contribution in [1.29, 1.82) is 0 Å². The molecule has 3 rings (SSSR count). The molecule has 2 N–H and O–H groups in total. The molecule has 1 heterocycles. The Morgan fingerprint density at radius 3 is 2.95 bits per heavy atom. The molecule has 0 radical (unpaired) electrons. The average molecular weight is 261 g/mol. The lowest BCUT2D eigenvalue weighted by atomic mass is 9.71. The first-order valence-corrected chi connectivity index (χ1v) is 7.27. The maximum absolute atomic E-state index is 6.41. The molecule has 0 saturated heterocycles. The molecule has 1 fully saturated rings. The van der Waals surface area contributed by atoms with Gasteiger partial charge in [-0.25, -0.2) is 0 Å². The number of hydrogen-bond acceptors (Lipinski definition) is 3. The lowest BCUT2D eigenvalue weighted by molar-refractivity contribution is -0.0408. The minimum atomic E-state index is -0.0424. The van der Waals surface area contributed by atoms with Gasteiger partial charge in [-0.3, -0.25) is 0 Å². The van der Waals surface area contributed by atoms with Crippen LogP contribution in [0.1, 0.15) is 50.6 Å². The van der Waals surface area contributed by atoms with Crippen molar-refractivity contribution in [2.45, 2.75) is 50.7 Å². The van der Waals surface area contributed by atoms with Crippen LogP contribution in [0.2, 0.25) is 0 Å². The fourth-order valence-electron chi connectivity index (χ4n) is 3.62. The van der Waals surface area contributed by atoms with Crippen molar-refractivity contribution in [3.63, 3.8) is 0 Å². The summed E-state index contributed by atoms with van der Waals surface area (Å²) in [6, 6.07) is 6.04. The Balaban J connectivity index is 1.95. The van der Waals surface area contributed by atoms with Crippen molar-refractivity contribution < 1.29 is 9.47 Å². The van der Waals surface area contributed by atoms with E-state index in [0.717, 1.165) is 29.9 Å². The van der Waals surface area contributed by atoms with E-state index in [4.69, 9.17) is 15.2 Å². The van der Waals surface area contributed by atoms with E-state index in [0.29, 0.717) is 5.92 Å². The predicted molar refractivity (Wildman–Crippen MR) is 75.5 cm³/mol. The van der Waals surface area contributed by atoms with Gasteiger partial charge in [0.05, 0.1) is 7.11 Å². The van der Waals surface area contributed by atoms with E-state index in [1.165, 1.54) is 19.3 Å². The van der Waals surface area contributed by atoms with E-state index in [9.17, 15) is 0 Å². The van der Waals surface area contributed by atoms with Gasteiger partial charge in [-0.2, -0.15) is 0 Å². The van der Waals surface area contributed by atoms with E-state index in [1.54, 1.807) is 7.11 Å². The third-order valence-electron chi connectivity index (χ3n) is 4.88. The van der Waals surface area contributed by atoms with Gasteiger partial charge < -0.3 is 15.2 Å². The van der Waals surface area contributed by atoms with Crippen molar-refractivity contribution in [3.8, 4) is 11.5 Å². The van der Waals surface area contributed by atoms with Crippen molar-refractivity contribution in [3.05, 3.63) is 23.8 Å². The molecule has 104 valence electrons. The fraction of sp³-hybridized carbons (Fsp3) is 0.625. The summed E-state index contributed by atoms with van der Waals surface area (Å²) < 4.78 is 11.7. The molecular formula is C16H23NO2. The van der Waals surface area contributed by atoms with Crippen LogP contribution in [0, 0.1) is 5.92 Å². The molecule has 0 amide bonds. The third kappa shape index (κ3) is 2.10. The molecule has 0 aromatic heterocycles. The maximum atomic E-state index is 6.41. The smallest absolute Gasteiger partial charge is 0.125 e. The van der Waals surface area contributed by atoms with Crippen LogP contribution in [-0.2, 0) is 0 Å². The summed E-state index contributed by atoms with van der Waals surface area (Å²) >= 11 is 0. The SMILES string of the molecule is COc1ccc2c(c1)[C@H](N)CC1(CCCCC1C)O2. The molecule has 1 aromatic rings. The predicted octanol–water partition coefficient (Wildman–Crippen LogP) is 3.43. The summed E-state index contributed by atoms with van der Waals surface area (Å²) in [7, 11) is 1.68. The summed E-state index contributed by atoms with van der Waals surface area (Å²) in [6.07, 6.45) is 5.87. The van der Waals surface area contributed by atoms with Gasteiger partial charge in [-0.15, -0.1) is 0 Å². The molecule has 3 atom stereocenters. The molecule has 1 aliphatic heterocycles. The number of nitrogens with two attached hydrogens (primary N) is 1. The van der Waals surface area contributed by atoms with Crippen molar-refractivity contribution in [2.75, 3.05) is 7.11 Å². The van der Waals surface area contributed by atoms with Crippen LogP contribution in [0.5, 0.6) is 11.5 Å². The van der Waals surface area contributed by atoms with Gasteiger partial charge in [0.15, 0.2) is 0 Å². The van der Waals surface area contributed by atoms with E-state index in [-0.39, 0.29) is 11.6 Å². The number of ether oxygens (including phenoxy) is 2. The van der Waals surface area contributed by atoms with Crippen LogP contribution in [0.4, 0.5) is 0 Å². The Bertz CT molecular complexity index is 474. The van der Waals surface area contributed by atoms with Crippen molar-refractivity contribution in [1.82, 2.24) is 0 Å². The largest absolute Gasteiger partial charge is 0.497 e. The quantitative estimate of drug-likeness (QED) is 0.842. The Morgan fingerprint density at radius 2 is 2.21 bits per heavy atom. The fourth-order valence-corrected chi connectivity index (χ4v) is 3.62. The standard InChI is InChI=1S/C16H23NO2/c1-11-5-3-4-8-16(11)10-14(17)13-9-12(18-2)6-7-15(13)19-16/h6-7,9,11,14H,3-5,8,10,17H2,1-2H3/t11?,14-,16?/m1/s1. The number of benzene rings is 1. The Hall–Kier alpha value is -1.22. The van der Waals surface area contributed by atoms with Gasteiger partial charge in [0.25, 0.3) is 0 Å². The van der Waals surface area contributed by atoms with E-state index < -0.39 is 0 Å². The number of hydrogen-bond donors (Lipinski definition) is 1. The molecule has 1 aliphatic carbocycles. The second-order valence-corrected chi connectivity index (χ2v) is 6.03. The normalized spacial score (nSPS) is 33.6.